The zero-order chi connectivity index (χ0) is 13.4. The maximum Gasteiger partial charge on any atom is 0.236 e. The van der Waals surface area contributed by atoms with Gasteiger partial charge in [-0.1, -0.05) is 19.1 Å². The summed E-state index contributed by atoms with van der Waals surface area (Å²) >= 11 is 1.73. The second-order valence-corrected chi connectivity index (χ2v) is 5.15. The van der Waals surface area contributed by atoms with Gasteiger partial charge in [-0.25, -0.2) is 0 Å². The van der Waals surface area contributed by atoms with Crippen molar-refractivity contribution in [2.45, 2.75) is 24.8 Å². The van der Waals surface area contributed by atoms with E-state index >= 15 is 0 Å². The Balaban J connectivity index is 2.42. The number of carbonyl (C=O) groups excluding carboxylic acids is 1. The van der Waals surface area contributed by atoms with E-state index in [0.717, 1.165) is 13.0 Å². The highest BCUT2D eigenvalue weighted by Gasteiger charge is 2.08. The first kappa shape index (κ1) is 15.1. The van der Waals surface area contributed by atoms with Crippen LogP contribution in [0.1, 0.15) is 18.9 Å². The Labute approximate surface area is 114 Å². The van der Waals surface area contributed by atoms with Crippen molar-refractivity contribution in [1.29, 1.82) is 0 Å². The van der Waals surface area contributed by atoms with Gasteiger partial charge in [0.1, 0.15) is 0 Å². The van der Waals surface area contributed by atoms with Crippen LogP contribution in [-0.4, -0.2) is 37.2 Å². The van der Waals surface area contributed by atoms with Gasteiger partial charge < -0.3 is 10.2 Å². The summed E-state index contributed by atoms with van der Waals surface area (Å²) in [5.41, 5.74) is 1.17. The quantitative estimate of drug-likeness (QED) is 0.607. The lowest BCUT2D eigenvalue weighted by Crippen LogP contribution is -2.35. The third-order valence-electron chi connectivity index (χ3n) is 2.71. The first-order valence-electron chi connectivity index (χ1n) is 6.25. The number of amides is 1. The molecule has 1 rings (SSSR count). The van der Waals surface area contributed by atoms with Gasteiger partial charge in [-0.15, -0.1) is 11.8 Å². The van der Waals surface area contributed by atoms with E-state index in [1.165, 1.54) is 10.5 Å². The number of nitrogens with one attached hydrogen (secondary N) is 1. The van der Waals surface area contributed by atoms with Crippen LogP contribution in [0.4, 0.5) is 0 Å². The van der Waals surface area contributed by atoms with Gasteiger partial charge in [-0.2, -0.15) is 0 Å². The number of hydrogen-bond acceptors (Lipinski definition) is 3. The monoisotopic (exact) mass is 266 g/mol. The fourth-order valence-corrected chi connectivity index (χ4v) is 2.01. The van der Waals surface area contributed by atoms with E-state index in [-0.39, 0.29) is 5.91 Å². The minimum Gasteiger partial charge on any atom is -0.340 e. The Morgan fingerprint density at radius 2 is 2.00 bits per heavy atom. The molecule has 18 heavy (non-hydrogen) atoms. The lowest BCUT2D eigenvalue weighted by atomic mass is 10.2. The average Bonchev–Trinajstić information content (AvgIpc) is 2.39. The lowest BCUT2D eigenvalue weighted by Gasteiger charge is -2.17. The molecule has 0 aromatic heterocycles. The largest absolute Gasteiger partial charge is 0.340 e. The number of hydrogen-bond donors (Lipinski definition) is 1. The lowest BCUT2D eigenvalue weighted by molar-refractivity contribution is -0.129. The zero-order valence-electron chi connectivity index (χ0n) is 11.4. The SMILES string of the molecule is CCCNCC(=O)N(C)Cc1ccc(SC)cc1. The van der Waals surface area contributed by atoms with Crippen LogP contribution in [0.25, 0.3) is 0 Å². The van der Waals surface area contributed by atoms with Crippen LogP contribution in [-0.2, 0) is 11.3 Å². The van der Waals surface area contributed by atoms with Crippen LogP contribution in [0.15, 0.2) is 29.2 Å². The van der Waals surface area contributed by atoms with E-state index < -0.39 is 0 Å². The van der Waals surface area contributed by atoms with E-state index in [1.54, 1.807) is 16.7 Å². The van der Waals surface area contributed by atoms with Crippen LogP contribution in [0.3, 0.4) is 0 Å². The fourth-order valence-electron chi connectivity index (χ4n) is 1.60. The van der Waals surface area contributed by atoms with Gasteiger partial charge in [0.15, 0.2) is 0 Å². The Bertz CT molecular complexity index is 365. The molecule has 0 radical (unpaired) electrons. The second-order valence-electron chi connectivity index (χ2n) is 4.27. The predicted molar refractivity (Wildman–Crippen MR) is 77.9 cm³/mol. The molecule has 1 N–H and O–H groups in total. The van der Waals surface area contributed by atoms with Crippen LogP contribution in [0, 0.1) is 0 Å². The number of nitrogens with zero attached hydrogens (tertiary/aromatic N) is 1. The molecule has 100 valence electrons. The first-order valence-corrected chi connectivity index (χ1v) is 7.47. The molecule has 0 heterocycles. The molecule has 0 atom stereocenters. The summed E-state index contributed by atoms with van der Waals surface area (Å²) in [4.78, 5) is 14.8. The smallest absolute Gasteiger partial charge is 0.236 e. The molecule has 0 saturated heterocycles. The minimum absolute atomic E-state index is 0.136. The molecule has 4 heteroatoms. The van der Waals surface area contributed by atoms with Crippen molar-refractivity contribution >= 4 is 17.7 Å². The highest BCUT2D eigenvalue weighted by Crippen LogP contribution is 2.15. The van der Waals surface area contributed by atoms with Crippen molar-refractivity contribution in [2.24, 2.45) is 0 Å². The van der Waals surface area contributed by atoms with Crippen LogP contribution in [0.5, 0.6) is 0 Å². The van der Waals surface area contributed by atoms with Crippen molar-refractivity contribution in [1.82, 2.24) is 10.2 Å². The van der Waals surface area contributed by atoms with Crippen LogP contribution >= 0.6 is 11.8 Å². The summed E-state index contributed by atoms with van der Waals surface area (Å²) in [6, 6.07) is 8.34. The van der Waals surface area contributed by atoms with Gasteiger partial charge in [0.2, 0.25) is 5.91 Å². The molecule has 0 saturated carbocycles. The summed E-state index contributed by atoms with van der Waals surface area (Å²) < 4.78 is 0. The summed E-state index contributed by atoms with van der Waals surface area (Å²) in [5.74, 6) is 0.136. The number of benzene rings is 1. The molecule has 0 fully saturated rings. The summed E-state index contributed by atoms with van der Waals surface area (Å²) in [5, 5.41) is 3.13. The van der Waals surface area contributed by atoms with Crippen molar-refractivity contribution in [3.05, 3.63) is 29.8 Å². The number of thioether (sulfide) groups is 1. The Morgan fingerprint density at radius 3 is 2.56 bits per heavy atom. The molecular formula is C14H22N2OS. The second kappa shape index (κ2) is 8.16. The molecule has 0 aliphatic rings. The van der Waals surface area contributed by atoms with Gasteiger partial charge in [0.05, 0.1) is 6.54 Å². The molecule has 0 aliphatic carbocycles. The maximum atomic E-state index is 11.8. The van der Waals surface area contributed by atoms with Crippen molar-refractivity contribution < 1.29 is 4.79 Å². The van der Waals surface area contributed by atoms with Crippen molar-refractivity contribution in [3.63, 3.8) is 0 Å². The van der Waals surface area contributed by atoms with Crippen LogP contribution < -0.4 is 5.32 Å². The highest BCUT2D eigenvalue weighted by atomic mass is 32.2. The van der Waals surface area contributed by atoms with E-state index in [4.69, 9.17) is 0 Å². The summed E-state index contributed by atoms with van der Waals surface area (Å²) in [6.45, 7) is 4.07. The minimum atomic E-state index is 0.136. The van der Waals surface area contributed by atoms with E-state index in [2.05, 4.69) is 42.8 Å². The standard InChI is InChI=1S/C14H22N2OS/c1-4-9-15-10-14(17)16(2)11-12-5-7-13(18-3)8-6-12/h5-8,15H,4,9-11H2,1-3H3. The molecule has 3 nitrogen and oxygen atoms in total. The van der Waals surface area contributed by atoms with E-state index in [1.807, 2.05) is 7.05 Å². The Morgan fingerprint density at radius 1 is 1.33 bits per heavy atom. The predicted octanol–water partition coefficient (Wildman–Crippen LogP) is 2.37. The maximum absolute atomic E-state index is 11.8. The molecule has 0 unspecified atom stereocenters. The molecule has 1 aromatic carbocycles. The highest BCUT2D eigenvalue weighted by molar-refractivity contribution is 7.98. The molecule has 0 bridgehead atoms. The zero-order valence-corrected chi connectivity index (χ0v) is 12.2. The summed E-state index contributed by atoms with van der Waals surface area (Å²) in [6.07, 6.45) is 3.11. The molecule has 1 amide bonds. The number of likely N-dealkylation sites (N-methyl/N-ethyl adjacent to an activating group) is 1. The third kappa shape index (κ3) is 5.10. The Kier molecular flexibility index (Phi) is 6.83. The van der Waals surface area contributed by atoms with Gasteiger partial charge in [0, 0.05) is 18.5 Å². The number of rotatable bonds is 7. The van der Waals surface area contributed by atoms with Crippen molar-refractivity contribution in [3.8, 4) is 0 Å². The molecule has 0 aliphatic heterocycles. The summed E-state index contributed by atoms with van der Waals surface area (Å²) in [7, 11) is 1.85. The first-order chi connectivity index (χ1) is 8.67. The fraction of sp³-hybridized carbons (Fsp3) is 0.500. The van der Waals surface area contributed by atoms with E-state index in [9.17, 15) is 4.79 Å². The molecular weight excluding hydrogens is 244 g/mol. The normalized spacial score (nSPS) is 10.4. The molecule has 0 spiro atoms. The van der Waals surface area contributed by atoms with Crippen molar-refractivity contribution in [2.75, 3.05) is 26.4 Å². The molecule has 1 aromatic rings. The van der Waals surface area contributed by atoms with Gasteiger partial charge in [0.25, 0.3) is 0 Å². The van der Waals surface area contributed by atoms with Gasteiger partial charge >= 0.3 is 0 Å². The Hall–Kier alpha value is -1.00. The number of carbonyl (C=O) groups is 1. The van der Waals surface area contributed by atoms with Crippen LogP contribution in [0.2, 0.25) is 0 Å². The topological polar surface area (TPSA) is 32.3 Å². The van der Waals surface area contributed by atoms with E-state index in [0.29, 0.717) is 13.1 Å². The van der Waals surface area contributed by atoms with Gasteiger partial charge in [-0.3, -0.25) is 4.79 Å². The van der Waals surface area contributed by atoms with Gasteiger partial charge in [-0.05, 0) is 36.9 Å². The third-order valence-corrected chi connectivity index (χ3v) is 3.45. The average molecular weight is 266 g/mol.